The fraction of sp³-hybridized carbons (Fsp3) is 1.00. The average Bonchev–Trinajstić information content (AvgIpc) is 2.04. The highest BCUT2D eigenvalue weighted by atomic mass is 32.2. The molecule has 0 amide bonds. The van der Waals surface area contributed by atoms with Crippen molar-refractivity contribution in [3.63, 3.8) is 0 Å². The van der Waals surface area contributed by atoms with Gasteiger partial charge < -0.3 is 5.32 Å². The third-order valence-corrected chi connectivity index (χ3v) is 4.16. The normalized spacial score (nSPS) is 16.9. The van der Waals surface area contributed by atoms with Gasteiger partial charge in [-0.2, -0.15) is 0 Å². The van der Waals surface area contributed by atoms with Crippen LogP contribution in [0.1, 0.15) is 33.1 Å². The monoisotopic (exact) mass is 207 g/mol. The maximum absolute atomic E-state index is 11.3. The van der Waals surface area contributed by atoms with Gasteiger partial charge in [-0.1, -0.05) is 19.8 Å². The van der Waals surface area contributed by atoms with Crippen molar-refractivity contribution in [3.05, 3.63) is 0 Å². The lowest BCUT2D eigenvalue weighted by Gasteiger charge is -2.21. The van der Waals surface area contributed by atoms with Crippen LogP contribution in [-0.2, 0) is 9.84 Å². The van der Waals surface area contributed by atoms with Crippen LogP contribution in [0.3, 0.4) is 0 Å². The van der Waals surface area contributed by atoms with Crippen molar-refractivity contribution in [1.29, 1.82) is 0 Å². The average molecular weight is 207 g/mol. The largest absolute Gasteiger partial charge is 0.316 e. The topological polar surface area (TPSA) is 46.2 Å². The minimum absolute atomic E-state index is 0.0925. The van der Waals surface area contributed by atoms with E-state index in [1.807, 2.05) is 7.05 Å². The van der Waals surface area contributed by atoms with E-state index in [-0.39, 0.29) is 11.3 Å². The van der Waals surface area contributed by atoms with E-state index in [9.17, 15) is 8.42 Å². The first-order chi connectivity index (χ1) is 5.93. The second-order valence-corrected chi connectivity index (χ2v) is 5.97. The molecule has 0 saturated carbocycles. The van der Waals surface area contributed by atoms with Gasteiger partial charge in [0.15, 0.2) is 9.84 Å². The maximum Gasteiger partial charge on any atom is 0.151 e. The fourth-order valence-electron chi connectivity index (χ4n) is 1.34. The SMILES string of the molecule is CCCCC(NC)C(C)S(C)(=O)=O. The number of sulfone groups is 1. The summed E-state index contributed by atoms with van der Waals surface area (Å²) >= 11 is 0. The summed E-state index contributed by atoms with van der Waals surface area (Å²) in [6.45, 7) is 3.88. The number of hydrogen-bond donors (Lipinski definition) is 1. The lowest BCUT2D eigenvalue weighted by molar-refractivity contribution is 0.477. The molecule has 0 bridgehead atoms. The second kappa shape index (κ2) is 5.60. The molecule has 2 unspecified atom stereocenters. The molecule has 0 aromatic rings. The predicted octanol–water partition coefficient (Wildman–Crippen LogP) is 1.20. The Labute approximate surface area is 81.8 Å². The zero-order valence-corrected chi connectivity index (χ0v) is 9.82. The van der Waals surface area contributed by atoms with Gasteiger partial charge in [-0.15, -0.1) is 0 Å². The third-order valence-electron chi connectivity index (χ3n) is 2.48. The van der Waals surface area contributed by atoms with Gasteiger partial charge in [-0.25, -0.2) is 8.42 Å². The van der Waals surface area contributed by atoms with Crippen molar-refractivity contribution in [2.24, 2.45) is 0 Å². The molecule has 0 fully saturated rings. The molecule has 0 aliphatic rings. The van der Waals surface area contributed by atoms with E-state index < -0.39 is 9.84 Å². The van der Waals surface area contributed by atoms with Gasteiger partial charge in [0.1, 0.15) is 0 Å². The first-order valence-corrected chi connectivity index (χ1v) is 6.75. The fourth-order valence-corrected chi connectivity index (χ4v) is 2.21. The van der Waals surface area contributed by atoms with Crippen LogP contribution in [0.2, 0.25) is 0 Å². The van der Waals surface area contributed by atoms with Crippen molar-refractivity contribution in [1.82, 2.24) is 5.32 Å². The molecule has 0 aliphatic heterocycles. The summed E-state index contributed by atoms with van der Waals surface area (Å²) in [6, 6.07) is 0.0925. The third kappa shape index (κ3) is 4.62. The minimum Gasteiger partial charge on any atom is -0.316 e. The summed E-state index contributed by atoms with van der Waals surface area (Å²) in [5.74, 6) is 0. The Balaban J connectivity index is 4.24. The standard InChI is InChI=1S/C9H21NO2S/c1-5-6-7-9(10-3)8(2)13(4,11)12/h8-10H,5-7H2,1-4H3. The molecule has 0 spiro atoms. The first kappa shape index (κ1) is 12.9. The maximum atomic E-state index is 11.3. The summed E-state index contributed by atoms with van der Waals surface area (Å²) in [4.78, 5) is 0. The van der Waals surface area contributed by atoms with E-state index in [2.05, 4.69) is 12.2 Å². The molecule has 0 heterocycles. The molecule has 0 aromatic heterocycles. The van der Waals surface area contributed by atoms with Gasteiger partial charge in [0.25, 0.3) is 0 Å². The highest BCUT2D eigenvalue weighted by Gasteiger charge is 2.23. The van der Waals surface area contributed by atoms with Crippen molar-refractivity contribution in [2.45, 2.75) is 44.4 Å². The van der Waals surface area contributed by atoms with Gasteiger partial charge in [0.2, 0.25) is 0 Å². The van der Waals surface area contributed by atoms with E-state index >= 15 is 0 Å². The Morgan fingerprint density at radius 2 is 1.92 bits per heavy atom. The molecule has 0 rings (SSSR count). The zero-order chi connectivity index (χ0) is 10.5. The quantitative estimate of drug-likeness (QED) is 0.712. The molecule has 0 aromatic carbocycles. The van der Waals surface area contributed by atoms with Gasteiger partial charge in [-0.3, -0.25) is 0 Å². The molecule has 80 valence electrons. The lowest BCUT2D eigenvalue weighted by Crippen LogP contribution is -2.40. The second-order valence-electron chi connectivity index (χ2n) is 3.57. The molecular formula is C9H21NO2S. The number of rotatable bonds is 6. The van der Waals surface area contributed by atoms with Gasteiger partial charge in [0.05, 0.1) is 5.25 Å². The van der Waals surface area contributed by atoms with Crippen molar-refractivity contribution in [3.8, 4) is 0 Å². The number of nitrogens with one attached hydrogen (secondary N) is 1. The van der Waals surface area contributed by atoms with E-state index in [1.54, 1.807) is 6.92 Å². The van der Waals surface area contributed by atoms with E-state index in [1.165, 1.54) is 6.26 Å². The van der Waals surface area contributed by atoms with Gasteiger partial charge >= 0.3 is 0 Å². The number of unbranched alkanes of at least 4 members (excludes halogenated alkanes) is 1. The smallest absolute Gasteiger partial charge is 0.151 e. The molecule has 13 heavy (non-hydrogen) atoms. The van der Waals surface area contributed by atoms with Crippen LogP contribution in [0.25, 0.3) is 0 Å². The summed E-state index contributed by atoms with van der Waals surface area (Å²) in [5, 5.41) is 2.78. The highest BCUT2D eigenvalue weighted by Crippen LogP contribution is 2.10. The Bertz CT molecular complexity index is 224. The van der Waals surface area contributed by atoms with E-state index in [4.69, 9.17) is 0 Å². The predicted molar refractivity (Wildman–Crippen MR) is 56.7 cm³/mol. The summed E-state index contributed by atoms with van der Waals surface area (Å²) in [7, 11) is -1.09. The van der Waals surface area contributed by atoms with Crippen LogP contribution in [0.4, 0.5) is 0 Å². The van der Waals surface area contributed by atoms with Crippen molar-refractivity contribution >= 4 is 9.84 Å². The van der Waals surface area contributed by atoms with Gasteiger partial charge in [-0.05, 0) is 20.4 Å². The van der Waals surface area contributed by atoms with Crippen molar-refractivity contribution in [2.75, 3.05) is 13.3 Å². The van der Waals surface area contributed by atoms with Crippen LogP contribution < -0.4 is 5.32 Å². The lowest BCUT2D eigenvalue weighted by atomic mass is 10.1. The van der Waals surface area contributed by atoms with E-state index in [0.717, 1.165) is 19.3 Å². The molecular weight excluding hydrogens is 186 g/mol. The van der Waals surface area contributed by atoms with Crippen LogP contribution in [-0.4, -0.2) is 33.0 Å². The first-order valence-electron chi connectivity index (χ1n) is 4.79. The molecule has 3 nitrogen and oxygen atoms in total. The molecule has 1 N–H and O–H groups in total. The summed E-state index contributed by atoms with van der Waals surface area (Å²) < 4.78 is 22.5. The Morgan fingerprint density at radius 3 is 2.23 bits per heavy atom. The van der Waals surface area contributed by atoms with Gasteiger partial charge in [0, 0.05) is 12.3 Å². The van der Waals surface area contributed by atoms with Crippen molar-refractivity contribution < 1.29 is 8.42 Å². The molecule has 0 aliphatic carbocycles. The Kier molecular flexibility index (Phi) is 5.56. The van der Waals surface area contributed by atoms with Crippen LogP contribution in [0.5, 0.6) is 0 Å². The summed E-state index contributed by atoms with van der Waals surface area (Å²) in [6.07, 6.45) is 4.41. The molecule has 0 saturated heterocycles. The molecule has 2 atom stereocenters. The molecule has 0 radical (unpaired) electrons. The van der Waals surface area contributed by atoms with Crippen LogP contribution in [0, 0.1) is 0 Å². The Hall–Kier alpha value is -0.0900. The molecule has 4 heteroatoms. The number of hydrogen-bond acceptors (Lipinski definition) is 3. The van der Waals surface area contributed by atoms with Crippen LogP contribution >= 0.6 is 0 Å². The zero-order valence-electron chi connectivity index (χ0n) is 9.00. The van der Waals surface area contributed by atoms with Crippen LogP contribution in [0.15, 0.2) is 0 Å². The Morgan fingerprint density at radius 1 is 1.38 bits per heavy atom. The van der Waals surface area contributed by atoms with E-state index in [0.29, 0.717) is 0 Å². The minimum atomic E-state index is -2.91. The summed E-state index contributed by atoms with van der Waals surface area (Å²) in [5.41, 5.74) is 0. The highest BCUT2D eigenvalue weighted by molar-refractivity contribution is 7.91.